The van der Waals surface area contributed by atoms with Gasteiger partial charge >= 0.3 is 0 Å². The van der Waals surface area contributed by atoms with Crippen molar-refractivity contribution in [2.75, 3.05) is 39.0 Å². The molecule has 0 aliphatic heterocycles. The van der Waals surface area contributed by atoms with E-state index in [1.807, 2.05) is 13.1 Å². The van der Waals surface area contributed by atoms with Crippen molar-refractivity contribution >= 4 is 17.3 Å². The van der Waals surface area contributed by atoms with E-state index in [0.29, 0.717) is 18.8 Å². The molecule has 0 bridgehead atoms. The van der Waals surface area contributed by atoms with Crippen LogP contribution in [0.2, 0.25) is 0 Å². The van der Waals surface area contributed by atoms with Gasteiger partial charge in [0.1, 0.15) is 5.69 Å². The number of aliphatic imine (C=N–C) groups is 1. The zero-order valence-electron chi connectivity index (χ0n) is 13.8. The zero-order chi connectivity index (χ0) is 17.1. The number of nitro benzene ring substituents is 1. The maximum atomic E-state index is 10.9. The average molecular weight is 319 g/mol. The number of nitrogens with zero attached hydrogens (tertiary/aromatic N) is 3. The van der Waals surface area contributed by atoms with E-state index >= 15 is 0 Å². The van der Waals surface area contributed by atoms with E-state index in [1.165, 1.54) is 6.07 Å². The number of benzene rings is 1. The third kappa shape index (κ3) is 6.37. The van der Waals surface area contributed by atoms with Gasteiger partial charge in [-0.2, -0.15) is 0 Å². The second-order valence-corrected chi connectivity index (χ2v) is 5.03. The Bertz CT molecular complexity index is 545. The van der Waals surface area contributed by atoms with Crippen LogP contribution in [0, 0.1) is 10.1 Å². The quantitative estimate of drug-likeness (QED) is 0.182. The van der Waals surface area contributed by atoms with E-state index in [2.05, 4.69) is 27.1 Å². The Labute approximate surface area is 137 Å². The minimum absolute atomic E-state index is 0.0819. The fraction of sp³-hybridized carbons (Fsp3) is 0.438. The van der Waals surface area contributed by atoms with E-state index in [-0.39, 0.29) is 10.6 Å². The molecule has 0 aliphatic carbocycles. The number of anilines is 1. The van der Waals surface area contributed by atoms with Gasteiger partial charge in [0.05, 0.1) is 4.92 Å². The molecule has 0 heterocycles. The second kappa shape index (κ2) is 10.2. The molecule has 0 aromatic heterocycles. The van der Waals surface area contributed by atoms with Gasteiger partial charge in [0.15, 0.2) is 5.96 Å². The molecule has 7 nitrogen and oxygen atoms in total. The molecule has 0 spiro atoms. The van der Waals surface area contributed by atoms with Crippen molar-refractivity contribution in [1.29, 1.82) is 0 Å². The summed E-state index contributed by atoms with van der Waals surface area (Å²) in [6.45, 7) is 5.78. The molecule has 0 unspecified atom stereocenters. The van der Waals surface area contributed by atoms with Gasteiger partial charge in [0, 0.05) is 39.8 Å². The lowest BCUT2D eigenvalue weighted by Gasteiger charge is -2.22. The van der Waals surface area contributed by atoms with Crippen molar-refractivity contribution in [3.05, 3.63) is 47.0 Å². The summed E-state index contributed by atoms with van der Waals surface area (Å²) in [7, 11) is 3.72. The summed E-state index contributed by atoms with van der Waals surface area (Å²) >= 11 is 0. The van der Waals surface area contributed by atoms with Crippen molar-refractivity contribution in [2.24, 2.45) is 4.99 Å². The molecule has 0 amide bonds. The Hall–Kier alpha value is -2.57. The molecule has 1 aromatic carbocycles. The van der Waals surface area contributed by atoms with Gasteiger partial charge < -0.3 is 15.5 Å². The van der Waals surface area contributed by atoms with Crippen LogP contribution in [-0.4, -0.2) is 49.5 Å². The van der Waals surface area contributed by atoms with E-state index < -0.39 is 0 Å². The van der Waals surface area contributed by atoms with E-state index in [9.17, 15) is 10.1 Å². The summed E-state index contributed by atoms with van der Waals surface area (Å²) in [6.07, 6.45) is 3.90. The first-order chi connectivity index (χ1) is 11.1. The van der Waals surface area contributed by atoms with Crippen molar-refractivity contribution in [3.8, 4) is 0 Å². The minimum Gasteiger partial charge on any atom is -0.378 e. The molecule has 0 radical (unpaired) electrons. The van der Waals surface area contributed by atoms with Gasteiger partial charge in [-0.25, -0.2) is 0 Å². The van der Waals surface area contributed by atoms with Gasteiger partial charge in [-0.15, -0.1) is 6.58 Å². The van der Waals surface area contributed by atoms with Crippen LogP contribution in [0.1, 0.15) is 12.8 Å². The van der Waals surface area contributed by atoms with E-state index in [4.69, 9.17) is 0 Å². The van der Waals surface area contributed by atoms with E-state index in [1.54, 1.807) is 25.2 Å². The summed E-state index contributed by atoms with van der Waals surface area (Å²) < 4.78 is 0. The lowest BCUT2D eigenvalue weighted by Crippen LogP contribution is -2.41. The van der Waals surface area contributed by atoms with Crippen molar-refractivity contribution in [3.63, 3.8) is 0 Å². The van der Waals surface area contributed by atoms with Crippen LogP contribution in [0.5, 0.6) is 0 Å². The molecule has 7 heteroatoms. The van der Waals surface area contributed by atoms with Crippen LogP contribution in [-0.2, 0) is 0 Å². The SMILES string of the molecule is C=CCCCN(C)C(=NC)NCCNc1ccccc1[N+](=O)[O-]. The van der Waals surface area contributed by atoms with Crippen LogP contribution in [0.15, 0.2) is 41.9 Å². The summed E-state index contributed by atoms with van der Waals surface area (Å²) in [6, 6.07) is 6.62. The summed E-state index contributed by atoms with van der Waals surface area (Å²) in [5, 5.41) is 17.2. The third-order valence-corrected chi connectivity index (χ3v) is 3.30. The summed E-state index contributed by atoms with van der Waals surface area (Å²) in [5.41, 5.74) is 0.604. The lowest BCUT2D eigenvalue weighted by atomic mass is 10.2. The van der Waals surface area contributed by atoms with Crippen LogP contribution in [0.3, 0.4) is 0 Å². The topological polar surface area (TPSA) is 82.8 Å². The number of allylic oxidation sites excluding steroid dienone is 1. The minimum atomic E-state index is -0.387. The first-order valence-electron chi connectivity index (χ1n) is 7.60. The fourth-order valence-electron chi connectivity index (χ4n) is 2.12. The monoisotopic (exact) mass is 319 g/mol. The van der Waals surface area contributed by atoms with Crippen molar-refractivity contribution in [1.82, 2.24) is 10.2 Å². The molecule has 0 aliphatic rings. The molecular formula is C16H25N5O2. The number of hydrogen-bond donors (Lipinski definition) is 2. The molecule has 0 saturated heterocycles. The molecule has 0 atom stereocenters. The summed E-state index contributed by atoms with van der Waals surface area (Å²) in [4.78, 5) is 16.8. The van der Waals surface area contributed by atoms with Gasteiger partial charge in [-0.3, -0.25) is 15.1 Å². The largest absolute Gasteiger partial charge is 0.378 e. The molecule has 0 saturated carbocycles. The number of hydrogen-bond acceptors (Lipinski definition) is 4. The van der Waals surface area contributed by atoms with Crippen LogP contribution in [0.25, 0.3) is 0 Å². The smallest absolute Gasteiger partial charge is 0.292 e. The third-order valence-electron chi connectivity index (χ3n) is 3.30. The number of guanidine groups is 1. The Morgan fingerprint density at radius 2 is 2.17 bits per heavy atom. The Balaban J connectivity index is 2.41. The van der Waals surface area contributed by atoms with Gasteiger partial charge in [-0.05, 0) is 18.9 Å². The van der Waals surface area contributed by atoms with Crippen LogP contribution >= 0.6 is 0 Å². The predicted octanol–water partition coefficient (Wildman–Crippen LogP) is 2.48. The van der Waals surface area contributed by atoms with Gasteiger partial charge in [0.2, 0.25) is 0 Å². The van der Waals surface area contributed by atoms with Crippen LogP contribution in [0.4, 0.5) is 11.4 Å². The predicted molar refractivity (Wildman–Crippen MR) is 95.0 cm³/mol. The lowest BCUT2D eigenvalue weighted by molar-refractivity contribution is -0.384. The Morgan fingerprint density at radius 1 is 1.43 bits per heavy atom. The second-order valence-electron chi connectivity index (χ2n) is 5.03. The zero-order valence-corrected chi connectivity index (χ0v) is 13.8. The summed E-state index contributed by atoms with van der Waals surface area (Å²) in [5.74, 6) is 0.804. The molecule has 126 valence electrons. The van der Waals surface area contributed by atoms with Gasteiger partial charge in [0.25, 0.3) is 5.69 Å². The molecule has 2 N–H and O–H groups in total. The first kappa shape index (κ1) is 18.5. The Morgan fingerprint density at radius 3 is 2.83 bits per heavy atom. The highest BCUT2D eigenvalue weighted by atomic mass is 16.6. The maximum Gasteiger partial charge on any atom is 0.292 e. The number of nitrogens with one attached hydrogen (secondary N) is 2. The van der Waals surface area contributed by atoms with Crippen LogP contribution < -0.4 is 10.6 Å². The fourth-order valence-corrected chi connectivity index (χ4v) is 2.12. The average Bonchev–Trinajstić information content (AvgIpc) is 2.55. The number of nitro groups is 1. The number of rotatable bonds is 9. The molecule has 1 aromatic rings. The number of unbranched alkanes of at least 4 members (excludes halogenated alkanes) is 1. The van der Waals surface area contributed by atoms with Crippen molar-refractivity contribution < 1.29 is 4.92 Å². The van der Waals surface area contributed by atoms with E-state index in [0.717, 1.165) is 25.3 Å². The molecular weight excluding hydrogens is 294 g/mol. The molecule has 23 heavy (non-hydrogen) atoms. The molecule has 1 rings (SSSR count). The Kier molecular flexibility index (Phi) is 8.20. The highest BCUT2D eigenvalue weighted by Crippen LogP contribution is 2.22. The maximum absolute atomic E-state index is 10.9. The number of para-hydroxylation sites is 2. The molecule has 0 fully saturated rings. The van der Waals surface area contributed by atoms with Crippen molar-refractivity contribution in [2.45, 2.75) is 12.8 Å². The highest BCUT2D eigenvalue weighted by molar-refractivity contribution is 5.79. The first-order valence-corrected chi connectivity index (χ1v) is 7.60. The van der Waals surface area contributed by atoms with Gasteiger partial charge in [-0.1, -0.05) is 18.2 Å². The highest BCUT2D eigenvalue weighted by Gasteiger charge is 2.11. The normalized spacial score (nSPS) is 11.0. The standard InChI is InChI=1S/C16H25N5O2/c1-4-5-8-13-20(3)16(17-2)19-12-11-18-14-9-6-7-10-15(14)21(22)23/h4,6-7,9-10,18H,1,5,8,11-13H2,2-3H3,(H,17,19).